The Labute approximate surface area is 79.9 Å². The summed E-state index contributed by atoms with van der Waals surface area (Å²) in [4.78, 5) is 0.831. The van der Waals surface area contributed by atoms with E-state index in [4.69, 9.17) is 12.2 Å². The maximum atomic E-state index is 4.84. The van der Waals surface area contributed by atoms with Crippen molar-refractivity contribution in [2.45, 2.75) is 13.8 Å². The van der Waals surface area contributed by atoms with Crippen LogP contribution in [0.4, 0.5) is 0 Å². The zero-order chi connectivity index (χ0) is 9.23. The second kappa shape index (κ2) is 8.21. The molecule has 0 aromatic rings. The lowest BCUT2D eigenvalue weighted by Crippen LogP contribution is -2.17. The Balaban J connectivity index is 3.43. The molecule has 0 spiro atoms. The fraction of sp³-hybridized carbons (Fsp3) is 0.300. The van der Waals surface area contributed by atoms with Crippen LogP contribution in [-0.4, -0.2) is 11.5 Å². The monoisotopic (exact) mass is 181 g/mol. The second-order valence-electron chi connectivity index (χ2n) is 2.28. The minimum absolute atomic E-state index is 0.801. The molecule has 0 aromatic heterocycles. The number of allylic oxidation sites excluding steroid dienone is 5. The van der Waals surface area contributed by atoms with E-state index >= 15 is 0 Å². The molecular weight excluding hydrogens is 166 g/mol. The molecule has 1 nitrogen and oxygen atoms in total. The first-order chi connectivity index (χ1) is 5.77. The van der Waals surface area contributed by atoms with E-state index in [1.165, 1.54) is 0 Å². The van der Waals surface area contributed by atoms with E-state index in [0.29, 0.717) is 0 Å². The van der Waals surface area contributed by atoms with Gasteiger partial charge in [0.25, 0.3) is 0 Å². The van der Waals surface area contributed by atoms with Crippen LogP contribution in [0.5, 0.6) is 0 Å². The highest BCUT2D eigenvalue weighted by Gasteiger charge is 1.77. The molecule has 2 heteroatoms. The van der Waals surface area contributed by atoms with Crippen molar-refractivity contribution in [2.24, 2.45) is 0 Å². The Kier molecular flexibility index (Phi) is 7.60. The molecule has 0 atom stereocenters. The first kappa shape index (κ1) is 11.1. The van der Waals surface area contributed by atoms with Gasteiger partial charge in [0.2, 0.25) is 0 Å². The van der Waals surface area contributed by atoms with Gasteiger partial charge in [-0.15, -0.1) is 0 Å². The number of rotatable bonds is 4. The van der Waals surface area contributed by atoms with Crippen LogP contribution in [0.25, 0.3) is 0 Å². The molecule has 12 heavy (non-hydrogen) atoms. The topological polar surface area (TPSA) is 12.0 Å². The van der Waals surface area contributed by atoms with E-state index in [1.807, 2.05) is 50.3 Å². The molecule has 0 amide bonds. The van der Waals surface area contributed by atoms with Gasteiger partial charge >= 0.3 is 0 Å². The molecule has 0 aromatic carbocycles. The van der Waals surface area contributed by atoms with Gasteiger partial charge in [0.15, 0.2) is 0 Å². The van der Waals surface area contributed by atoms with Gasteiger partial charge in [-0.1, -0.05) is 48.7 Å². The van der Waals surface area contributed by atoms with E-state index in [9.17, 15) is 0 Å². The van der Waals surface area contributed by atoms with E-state index < -0.39 is 0 Å². The van der Waals surface area contributed by atoms with Gasteiger partial charge in [-0.25, -0.2) is 0 Å². The molecule has 0 bridgehead atoms. The van der Waals surface area contributed by atoms with Gasteiger partial charge in [-0.05, 0) is 13.8 Å². The van der Waals surface area contributed by atoms with Gasteiger partial charge in [-0.2, -0.15) is 0 Å². The summed E-state index contributed by atoms with van der Waals surface area (Å²) in [6.07, 6.45) is 12.0. The zero-order valence-electron chi connectivity index (χ0n) is 7.58. The Morgan fingerprint density at radius 1 is 1.25 bits per heavy atom. The average molecular weight is 181 g/mol. The normalized spacial score (nSPS) is 11.8. The lowest BCUT2D eigenvalue weighted by Gasteiger charge is -1.95. The van der Waals surface area contributed by atoms with Gasteiger partial charge in [0.1, 0.15) is 0 Å². The van der Waals surface area contributed by atoms with Crippen LogP contribution >= 0.6 is 12.2 Å². The predicted octanol–water partition coefficient (Wildman–Crippen LogP) is 2.61. The molecule has 0 unspecified atom stereocenters. The van der Waals surface area contributed by atoms with Gasteiger partial charge in [0, 0.05) is 6.54 Å². The van der Waals surface area contributed by atoms with Crippen LogP contribution in [0.2, 0.25) is 0 Å². The second-order valence-corrected chi connectivity index (χ2v) is 2.89. The van der Waals surface area contributed by atoms with Crippen molar-refractivity contribution in [1.29, 1.82) is 0 Å². The fourth-order valence-electron chi connectivity index (χ4n) is 0.589. The maximum absolute atomic E-state index is 4.84. The molecule has 0 rings (SSSR count). The molecule has 0 radical (unpaired) electrons. The minimum Gasteiger partial charge on any atom is -0.376 e. The molecule has 1 N–H and O–H groups in total. The van der Waals surface area contributed by atoms with Crippen molar-refractivity contribution >= 4 is 17.2 Å². The number of hydrogen-bond donors (Lipinski definition) is 1. The Hall–Kier alpha value is -0.890. The first-order valence-electron chi connectivity index (χ1n) is 3.96. The number of thiocarbonyl (C=S) groups is 1. The SMILES string of the molecule is C\C=C/C=C\C=C\CNC(C)=S. The zero-order valence-corrected chi connectivity index (χ0v) is 8.40. The van der Waals surface area contributed by atoms with Crippen LogP contribution in [-0.2, 0) is 0 Å². The standard InChI is InChI=1S/C10H15NS/c1-3-4-5-6-7-8-9-11-10(2)12/h3-8H,9H2,1-2H3,(H,11,12)/b4-3-,6-5-,8-7+. The summed E-state index contributed by atoms with van der Waals surface area (Å²) in [5.41, 5.74) is 0. The minimum atomic E-state index is 0.801. The maximum Gasteiger partial charge on any atom is 0.0724 e. The number of nitrogens with one attached hydrogen (secondary N) is 1. The van der Waals surface area contributed by atoms with Crippen LogP contribution in [0, 0.1) is 0 Å². The van der Waals surface area contributed by atoms with Crippen molar-refractivity contribution in [2.75, 3.05) is 6.54 Å². The molecule has 0 saturated carbocycles. The van der Waals surface area contributed by atoms with Gasteiger partial charge in [0.05, 0.1) is 4.99 Å². The Bertz CT molecular complexity index is 202. The van der Waals surface area contributed by atoms with E-state index in [1.54, 1.807) is 0 Å². The molecule has 0 aliphatic carbocycles. The van der Waals surface area contributed by atoms with Crippen molar-refractivity contribution < 1.29 is 0 Å². The van der Waals surface area contributed by atoms with Crippen LogP contribution < -0.4 is 5.32 Å². The summed E-state index contributed by atoms with van der Waals surface area (Å²) in [7, 11) is 0. The van der Waals surface area contributed by atoms with Crippen LogP contribution in [0.15, 0.2) is 36.5 Å². The highest BCUT2D eigenvalue weighted by Crippen LogP contribution is 1.79. The van der Waals surface area contributed by atoms with Crippen molar-refractivity contribution in [3.8, 4) is 0 Å². The third kappa shape index (κ3) is 9.11. The van der Waals surface area contributed by atoms with Crippen LogP contribution in [0.1, 0.15) is 13.8 Å². The summed E-state index contributed by atoms with van der Waals surface area (Å²) in [5, 5.41) is 3.03. The Morgan fingerprint density at radius 3 is 2.50 bits per heavy atom. The third-order valence-electron chi connectivity index (χ3n) is 1.13. The molecular formula is C10H15NS. The predicted molar refractivity (Wildman–Crippen MR) is 59.4 cm³/mol. The summed E-state index contributed by atoms with van der Waals surface area (Å²) >= 11 is 4.84. The fourth-order valence-corrected chi connectivity index (χ4v) is 0.672. The quantitative estimate of drug-likeness (QED) is 0.528. The smallest absolute Gasteiger partial charge is 0.0724 e. The highest BCUT2D eigenvalue weighted by molar-refractivity contribution is 7.80. The Morgan fingerprint density at radius 2 is 1.92 bits per heavy atom. The van der Waals surface area contributed by atoms with E-state index in [-0.39, 0.29) is 0 Å². The lowest BCUT2D eigenvalue weighted by atomic mass is 10.4. The van der Waals surface area contributed by atoms with E-state index in [0.717, 1.165) is 11.5 Å². The summed E-state index contributed by atoms with van der Waals surface area (Å²) in [5.74, 6) is 0. The molecule has 66 valence electrons. The van der Waals surface area contributed by atoms with Crippen molar-refractivity contribution in [3.63, 3.8) is 0 Å². The molecule has 0 aliphatic heterocycles. The third-order valence-corrected chi connectivity index (χ3v) is 1.28. The van der Waals surface area contributed by atoms with Crippen molar-refractivity contribution in [1.82, 2.24) is 5.32 Å². The molecule has 0 heterocycles. The molecule has 0 aliphatic rings. The highest BCUT2D eigenvalue weighted by atomic mass is 32.1. The first-order valence-corrected chi connectivity index (χ1v) is 4.37. The summed E-state index contributed by atoms with van der Waals surface area (Å²) in [6.45, 7) is 4.67. The lowest BCUT2D eigenvalue weighted by molar-refractivity contribution is 1.06. The van der Waals surface area contributed by atoms with Crippen molar-refractivity contribution in [3.05, 3.63) is 36.5 Å². The molecule has 0 saturated heterocycles. The largest absolute Gasteiger partial charge is 0.376 e. The summed E-state index contributed by atoms with van der Waals surface area (Å²) < 4.78 is 0. The van der Waals surface area contributed by atoms with Gasteiger partial charge < -0.3 is 5.32 Å². The van der Waals surface area contributed by atoms with E-state index in [2.05, 4.69) is 5.32 Å². The van der Waals surface area contributed by atoms with Gasteiger partial charge in [-0.3, -0.25) is 0 Å². The van der Waals surface area contributed by atoms with Crippen LogP contribution in [0.3, 0.4) is 0 Å². The average Bonchev–Trinajstić information content (AvgIpc) is 2.02. The molecule has 0 fully saturated rings. The summed E-state index contributed by atoms with van der Waals surface area (Å²) in [6, 6.07) is 0. The number of hydrogen-bond acceptors (Lipinski definition) is 1.